The third-order valence-electron chi connectivity index (χ3n) is 3.36. The third kappa shape index (κ3) is 2.14. The normalized spacial score (nSPS) is 17.6. The summed E-state index contributed by atoms with van der Waals surface area (Å²) in [7, 11) is 0. The molecular formula is C13H18N4. The van der Waals surface area contributed by atoms with E-state index in [-0.39, 0.29) is 0 Å². The Morgan fingerprint density at radius 1 is 1.24 bits per heavy atom. The topological polar surface area (TPSA) is 57.1 Å². The lowest BCUT2D eigenvalue weighted by Gasteiger charge is -2.26. The van der Waals surface area contributed by atoms with Crippen molar-refractivity contribution in [2.24, 2.45) is 0 Å². The Labute approximate surface area is 101 Å². The number of anilines is 1. The molecule has 1 saturated heterocycles. The number of hydrogen-bond acceptors (Lipinski definition) is 3. The molecule has 2 aromatic rings. The van der Waals surface area contributed by atoms with Crippen molar-refractivity contribution >= 4 is 16.6 Å². The van der Waals surface area contributed by atoms with Gasteiger partial charge in [0.25, 0.3) is 0 Å². The van der Waals surface area contributed by atoms with Crippen LogP contribution < -0.4 is 11.1 Å². The first kappa shape index (κ1) is 10.6. The molecule has 4 N–H and O–H groups in total. The van der Waals surface area contributed by atoms with Gasteiger partial charge in [-0.3, -0.25) is 4.90 Å². The molecule has 1 aromatic carbocycles. The number of nitrogens with zero attached hydrogens (tertiary/aromatic N) is 1. The van der Waals surface area contributed by atoms with E-state index < -0.39 is 0 Å². The van der Waals surface area contributed by atoms with E-state index in [1.54, 1.807) is 0 Å². The van der Waals surface area contributed by atoms with Gasteiger partial charge in [0.05, 0.1) is 0 Å². The fraction of sp³-hybridized carbons (Fsp3) is 0.385. The number of H-pyrrole nitrogens is 1. The maximum absolute atomic E-state index is 5.96. The van der Waals surface area contributed by atoms with E-state index in [9.17, 15) is 0 Å². The van der Waals surface area contributed by atoms with E-state index in [1.165, 1.54) is 5.69 Å². The number of hydrogen-bond donors (Lipinski definition) is 3. The lowest BCUT2D eigenvalue weighted by Crippen LogP contribution is -2.42. The van der Waals surface area contributed by atoms with Gasteiger partial charge in [0.2, 0.25) is 0 Å². The van der Waals surface area contributed by atoms with Crippen molar-refractivity contribution in [1.82, 2.24) is 15.2 Å². The van der Waals surface area contributed by atoms with Gasteiger partial charge in [-0.1, -0.05) is 6.07 Å². The van der Waals surface area contributed by atoms with Crippen LogP contribution in [0.2, 0.25) is 0 Å². The molecule has 0 unspecified atom stereocenters. The quantitative estimate of drug-likeness (QED) is 0.678. The number of nitrogens with one attached hydrogen (secondary N) is 2. The van der Waals surface area contributed by atoms with Crippen molar-refractivity contribution in [3.05, 3.63) is 30.0 Å². The summed E-state index contributed by atoms with van der Waals surface area (Å²) in [5.74, 6) is 0. The van der Waals surface area contributed by atoms with Crippen molar-refractivity contribution in [1.29, 1.82) is 0 Å². The molecule has 17 heavy (non-hydrogen) atoms. The largest absolute Gasteiger partial charge is 0.398 e. The van der Waals surface area contributed by atoms with Crippen molar-refractivity contribution in [3.8, 4) is 0 Å². The molecule has 0 amide bonds. The molecule has 0 atom stereocenters. The molecule has 0 radical (unpaired) electrons. The average Bonchev–Trinajstić information content (AvgIpc) is 2.74. The van der Waals surface area contributed by atoms with Crippen molar-refractivity contribution in [2.45, 2.75) is 6.54 Å². The maximum Gasteiger partial charge on any atom is 0.0477 e. The van der Waals surface area contributed by atoms with Crippen LogP contribution in [0.3, 0.4) is 0 Å². The Kier molecular flexibility index (Phi) is 2.74. The van der Waals surface area contributed by atoms with E-state index in [1.807, 2.05) is 12.1 Å². The zero-order chi connectivity index (χ0) is 11.7. The number of aromatic amines is 1. The first-order chi connectivity index (χ1) is 8.33. The minimum atomic E-state index is 0.852. The Hall–Kier alpha value is -1.52. The van der Waals surface area contributed by atoms with E-state index in [0.29, 0.717) is 0 Å². The highest BCUT2D eigenvalue weighted by molar-refractivity contribution is 5.91. The maximum atomic E-state index is 5.96. The highest BCUT2D eigenvalue weighted by Gasteiger charge is 2.11. The van der Waals surface area contributed by atoms with E-state index in [4.69, 9.17) is 5.73 Å². The number of fused-ring (bicyclic) bond motifs is 1. The van der Waals surface area contributed by atoms with Crippen LogP contribution in [-0.2, 0) is 6.54 Å². The lowest BCUT2D eigenvalue weighted by molar-refractivity contribution is 0.231. The van der Waals surface area contributed by atoms with Gasteiger partial charge in [0, 0.05) is 55.0 Å². The number of aromatic nitrogens is 1. The summed E-state index contributed by atoms with van der Waals surface area (Å²) in [6, 6.07) is 8.19. The van der Waals surface area contributed by atoms with Crippen LogP contribution in [-0.4, -0.2) is 36.1 Å². The van der Waals surface area contributed by atoms with Gasteiger partial charge in [-0.05, 0) is 18.2 Å². The van der Waals surface area contributed by atoms with E-state index in [2.05, 4.69) is 27.3 Å². The molecular weight excluding hydrogens is 212 g/mol. The Balaban J connectivity index is 1.83. The summed E-state index contributed by atoms with van der Waals surface area (Å²) in [4.78, 5) is 5.90. The molecule has 4 heteroatoms. The van der Waals surface area contributed by atoms with Gasteiger partial charge < -0.3 is 16.0 Å². The fourth-order valence-corrected chi connectivity index (χ4v) is 2.43. The number of nitrogens with two attached hydrogens (primary N) is 1. The number of benzene rings is 1. The van der Waals surface area contributed by atoms with Crippen molar-refractivity contribution in [3.63, 3.8) is 0 Å². The van der Waals surface area contributed by atoms with Gasteiger partial charge in [-0.15, -0.1) is 0 Å². The minimum absolute atomic E-state index is 0.852. The van der Waals surface area contributed by atoms with E-state index >= 15 is 0 Å². The smallest absolute Gasteiger partial charge is 0.0477 e. The molecule has 1 aliphatic rings. The second kappa shape index (κ2) is 4.39. The van der Waals surface area contributed by atoms with Gasteiger partial charge in [0.1, 0.15) is 0 Å². The van der Waals surface area contributed by atoms with Crippen molar-refractivity contribution in [2.75, 3.05) is 31.9 Å². The number of rotatable bonds is 2. The second-order valence-corrected chi connectivity index (χ2v) is 4.63. The molecule has 90 valence electrons. The van der Waals surface area contributed by atoms with Gasteiger partial charge >= 0.3 is 0 Å². The molecule has 1 aromatic heterocycles. The number of piperazine rings is 1. The molecule has 3 rings (SSSR count). The predicted molar refractivity (Wildman–Crippen MR) is 70.9 cm³/mol. The molecule has 0 aliphatic carbocycles. The summed E-state index contributed by atoms with van der Waals surface area (Å²) in [5.41, 5.74) is 9.20. The van der Waals surface area contributed by atoms with Crippen LogP contribution >= 0.6 is 0 Å². The Morgan fingerprint density at radius 2 is 2.06 bits per heavy atom. The Bertz CT molecular complexity index is 511. The summed E-state index contributed by atoms with van der Waals surface area (Å²) >= 11 is 0. The zero-order valence-electron chi connectivity index (χ0n) is 9.87. The molecule has 4 nitrogen and oxygen atoms in total. The zero-order valence-corrected chi connectivity index (χ0v) is 9.87. The minimum Gasteiger partial charge on any atom is -0.398 e. The monoisotopic (exact) mass is 230 g/mol. The third-order valence-corrected chi connectivity index (χ3v) is 3.36. The standard InChI is InChI=1S/C13H18N4/c14-12-2-1-3-13-11(12)8-10(16-13)9-17-6-4-15-5-7-17/h1-3,8,15-16H,4-7,9,14H2. The van der Waals surface area contributed by atoms with Gasteiger partial charge in [-0.25, -0.2) is 0 Å². The van der Waals surface area contributed by atoms with Crippen LogP contribution in [0.1, 0.15) is 5.69 Å². The molecule has 0 spiro atoms. The summed E-state index contributed by atoms with van der Waals surface area (Å²) < 4.78 is 0. The second-order valence-electron chi connectivity index (χ2n) is 4.63. The van der Waals surface area contributed by atoms with Crippen LogP contribution in [0.4, 0.5) is 5.69 Å². The van der Waals surface area contributed by atoms with Crippen molar-refractivity contribution < 1.29 is 0 Å². The first-order valence-electron chi connectivity index (χ1n) is 6.12. The Morgan fingerprint density at radius 3 is 2.82 bits per heavy atom. The lowest BCUT2D eigenvalue weighted by atomic mass is 10.2. The summed E-state index contributed by atoms with van der Waals surface area (Å²) in [6.45, 7) is 5.39. The summed E-state index contributed by atoms with van der Waals surface area (Å²) in [5, 5.41) is 4.50. The molecule has 0 saturated carbocycles. The van der Waals surface area contributed by atoms with Crippen LogP contribution in [0.5, 0.6) is 0 Å². The number of nitrogen functional groups attached to an aromatic ring is 1. The molecule has 1 fully saturated rings. The predicted octanol–water partition coefficient (Wildman–Crippen LogP) is 1.16. The molecule has 2 heterocycles. The van der Waals surface area contributed by atoms with Crippen LogP contribution in [0, 0.1) is 0 Å². The summed E-state index contributed by atoms with van der Waals surface area (Å²) in [6.07, 6.45) is 0. The highest BCUT2D eigenvalue weighted by atomic mass is 15.2. The highest BCUT2D eigenvalue weighted by Crippen LogP contribution is 2.22. The SMILES string of the molecule is Nc1cccc2[nH]c(CN3CCNCC3)cc12. The fourth-order valence-electron chi connectivity index (χ4n) is 2.43. The van der Waals surface area contributed by atoms with Gasteiger partial charge in [-0.2, -0.15) is 0 Å². The average molecular weight is 230 g/mol. The van der Waals surface area contributed by atoms with E-state index in [0.717, 1.165) is 49.3 Å². The van der Waals surface area contributed by atoms with Gasteiger partial charge in [0.15, 0.2) is 0 Å². The van der Waals surface area contributed by atoms with Crippen LogP contribution in [0.15, 0.2) is 24.3 Å². The first-order valence-corrected chi connectivity index (χ1v) is 6.12. The van der Waals surface area contributed by atoms with Crippen LogP contribution in [0.25, 0.3) is 10.9 Å². The molecule has 0 bridgehead atoms. The molecule has 1 aliphatic heterocycles.